The number of aryl methyl sites for hydroxylation is 1. The summed E-state index contributed by atoms with van der Waals surface area (Å²) in [4.78, 5) is 11.8. The molecule has 0 aromatic heterocycles. The Bertz CT molecular complexity index is 659. The number of anilines is 1. The molecule has 0 unspecified atom stereocenters. The van der Waals surface area contributed by atoms with E-state index in [1.54, 1.807) is 0 Å². The second kappa shape index (κ2) is 6.95. The lowest BCUT2D eigenvalue weighted by molar-refractivity contribution is -0.116. The predicted molar refractivity (Wildman–Crippen MR) is 85.7 cm³/mol. The van der Waals surface area contributed by atoms with E-state index in [2.05, 4.69) is 5.32 Å². The Morgan fingerprint density at radius 3 is 2.57 bits per heavy atom. The van der Waals surface area contributed by atoms with Crippen LogP contribution in [0.15, 0.2) is 48.5 Å². The fraction of sp³-hybridized carbons (Fsp3) is 0.125. The molecule has 0 bridgehead atoms. The van der Waals surface area contributed by atoms with Gasteiger partial charge in [0.05, 0.1) is 0 Å². The monoisotopic (exact) mass is 302 g/mol. The third kappa shape index (κ3) is 4.36. The van der Waals surface area contributed by atoms with Crippen LogP contribution in [0.3, 0.4) is 0 Å². The number of nitrogens with two attached hydrogens (primary N) is 1. The van der Waals surface area contributed by atoms with Crippen LogP contribution < -0.4 is 11.1 Å². The molecule has 108 valence electrons. The van der Waals surface area contributed by atoms with Gasteiger partial charge in [-0.25, -0.2) is 4.39 Å². The zero-order valence-corrected chi connectivity index (χ0v) is 12.1. The number of amides is 1. The van der Waals surface area contributed by atoms with Gasteiger partial charge in [0.15, 0.2) is 0 Å². The normalized spacial score (nSPS) is 10.1. The van der Waals surface area contributed by atoms with Crippen molar-refractivity contribution in [1.82, 2.24) is 0 Å². The molecule has 0 saturated heterocycles. The van der Waals surface area contributed by atoms with Gasteiger partial charge in [0.1, 0.15) is 10.8 Å². The van der Waals surface area contributed by atoms with Crippen LogP contribution in [-0.2, 0) is 11.2 Å². The SMILES string of the molecule is NC(=S)c1cc(NC(=O)CCc2ccccc2)ccc1F. The van der Waals surface area contributed by atoms with Crippen molar-refractivity contribution in [3.8, 4) is 0 Å². The van der Waals surface area contributed by atoms with E-state index in [1.165, 1.54) is 18.2 Å². The molecule has 5 heteroatoms. The number of rotatable bonds is 5. The molecule has 0 aliphatic carbocycles. The number of hydrogen-bond donors (Lipinski definition) is 2. The molecule has 2 aromatic carbocycles. The molecule has 0 saturated carbocycles. The maximum absolute atomic E-state index is 13.4. The molecule has 0 aliphatic rings. The Kier molecular flexibility index (Phi) is 5.00. The van der Waals surface area contributed by atoms with E-state index in [1.807, 2.05) is 30.3 Å². The Hall–Kier alpha value is -2.27. The highest BCUT2D eigenvalue weighted by Gasteiger charge is 2.08. The molecule has 1 amide bonds. The average Bonchev–Trinajstić information content (AvgIpc) is 2.48. The van der Waals surface area contributed by atoms with Gasteiger partial charge >= 0.3 is 0 Å². The van der Waals surface area contributed by atoms with Crippen molar-refractivity contribution in [2.75, 3.05) is 5.32 Å². The number of thiocarbonyl (C=S) groups is 1. The summed E-state index contributed by atoms with van der Waals surface area (Å²) in [6.07, 6.45) is 1.000. The van der Waals surface area contributed by atoms with Crippen LogP contribution in [0.5, 0.6) is 0 Å². The van der Waals surface area contributed by atoms with Crippen molar-refractivity contribution in [3.63, 3.8) is 0 Å². The van der Waals surface area contributed by atoms with E-state index in [4.69, 9.17) is 18.0 Å². The van der Waals surface area contributed by atoms with Gasteiger partial charge in [-0.2, -0.15) is 0 Å². The van der Waals surface area contributed by atoms with E-state index in [9.17, 15) is 9.18 Å². The lowest BCUT2D eigenvalue weighted by Gasteiger charge is -2.08. The summed E-state index contributed by atoms with van der Waals surface area (Å²) in [6.45, 7) is 0. The van der Waals surface area contributed by atoms with Gasteiger partial charge in [0.25, 0.3) is 0 Å². The highest BCUT2D eigenvalue weighted by atomic mass is 32.1. The number of halogens is 1. The summed E-state index contributed by atoms with van der Waals surface area (Å²) in [5.41, 5.74) is 7.13. The summed E-state index contributed by atoms with van der Waals surface area (Å²) < 4.78 is 13.4. The van der Waals surface area contributed by atoms with Gasteiger partial charge in [-0.1, -0.05) is 42.5 Å². The second-order valence-electron chi connectivity index (χ2n) is 4.59. The van der Waals surface area contributed by atoms with Crippen LogP contribution in [0.4, 0.5) is 10.1 Å². The molecule has 3 N–H and O–H groups in total. The van der Waals surface area contributed by atoms with Crippen molar-refractivity contribution >= 4 is 28.8 Å². The minimum absolute atomic E-state index is 0.0344. The number of benzene rings is 2. The van der Waals surface area contributed by atoms with Crippen molar-refractivity contribution in [2.45, 2.75) is 12.8 Å². The molecular weight excluding hydrogens is 287 g/mol. The Labute approximate surface area is 128 Å². The van der Waals surface area contributed by atoms with Gasteiger partial charge in [0, 0.05) is 17.7 Å². The van der Waals surface area contributed by atoms with Crippen LogP contribution in [-0.4, -0.2) is 10.9 Å². The maximum Gasteiger partial charge on any atom is 0.224 e. The molecule has 0 fully saturated rings. The average molecular weight is 302 g/mol. The summed E-state index contributed by atoms with van der Waals surface area (Å²) in [7, 11) is 0. The van der Waals surface area contributed by atoms with Gasteiger partial charge in [0.2, 0.25) is 5.91 Å². The van der Waals surface area contributed by atoms with Crippen LogP contribution in [0.2, 0.25) is 0 Å². The number of hydrogen-bond acceptors (Lipinski definition) is 2. The summed E-state index contributed by atoms with van der Waals surface area (Å²) >= 11 is 4.76. The van der Waals surface area contributed by atoms with Crippen LogP contribution in [0.1, 0.15) is 17.5 Å². The third-order valence-electron chi connectivity index (χ3n) is 3.00. The van der Waals surface area contributed by atoms with Gasteiger partial charge in [-0.05, 0) is 30.2 Å². The largest absolute Gasteiger partial charge is 0.389 e. The first-order valence-electron chi connectivity index (χ1n) is 6.49. The molecule has 0 radical (unpaired) electrons. The van der Waals surface area contributed by atoms with E-state index in [0.29, 0.717) is 18.5 Å². The molecule has 0 atom stereocenters. The van der Waals surface area contributed by atoms with Crippen molar-refractivity contribution in [3.05, 3.63) is 65.5 Å². The zero-order chi connectivity index (χ0) is 15.2. The Balaban J connectivity index is 1.97. The van der Waals surface area contributed by atoms with Crippen molar-refractivity contribution < 1.29 is 9.18 Å². The number of nitrogens with one attached hydrogen (secondary N) is 1. The molecule has 2 aromatic rings. The summed E-state index contributed by atoms with van der Waals surface area (Å²) in [6, 6.07) is 13.9. The van der Waals surface area contributed by atoms with Crippen LogP contribution >= 0.6 is 12.2 Å². The molecule has 2 rings (SSSR count). The van der Waals surface area contributed by atoms with E-state index >= 15 is 0 Å². The highest BCUT2D eigenvalue weighted by Crippen LogP contribution is 2.15. The lowest BCUT2D eigenvalue weighted by Crippen LogP contribution is -2.15. The number of carbonyl (C=O) groups excluding carboxylic acids is 1. The first kappa shape index (κ1) is 15.1. The molecule has 0 spiro atoms. The van der Waals surface area contributed by atoms with Gasteiger partial charge < -0.3 is 11.1 Å². The minimum Gasteiger partial charge on any atom is -0.389 e. The molecule has 21 heavy (non-hydrogen) atoms. The summed E-state index contributed by atoms with van der Waals surface area (Å²) in [5.74, 6) is -0.635. The molecular formula is C16H15FN2OS. The van der Waals surface area contributed by atoms with Crippen LogP contribution in [0.25, 0.3) is 0 Å². The van der Waals surface area contributed by atoms with Crippen LogP contribution in [0, 0.1) is 5.82 Å². The van der Waals surface area contributed by atoms with E-state index in [0.717, 1.165) is 5.56 Å². The fourth-order valence-corrected chi connectivity index (χ4v) is 2.07. The topological polar surface area (TPSA) is 55.1 Å². The van der Waals surface area contributed by atoms with E-state index in [-0.39, 0.29) is 16.5 Å². The van der Waals surface area contributed by atoms with Crippen molar-refractivity contribution in [2.24, 2.45) is 5.73 Å². The third-order valence-corrected chi connectivity index (χ3v) is 3.22. The minimum atomic E-state index is -0.496. The first-order valence-corrected chi connectivity index (χ1v) is 6.90. The molecule has 0 aliphatic heterocycles. The molecule has 3 nitrogen and oxygen atoms in total. The smallest absolute Gasteiger partial charge is 0.224 e. The number of carbonyl (C=O) groups is 1. The predicted octanol–water partition coefficient (Wildman–Crippen LogP) is 3.03. The zero-order valence-electron chi connectivity index (χ0n) is 11.3. The van der Waals surface area contributed by atoms with Gasteiger partial charge in [-0.15, -0.1) is 0 Å². The van der Waals surface area contributed by atoms with Crippen molar-refractivity contribution in [1.29, 1.82) is 0 Å². The second-order valence-corrected chi connectivity index (χ2v) is 5.03. The Morgan fingerprint density at radius 1 is 1.19 bits per heavy atom. The highest BCUT2D eigenvalue weighted by molar-refractivity contribution is 7.80. The quantitative estimate of drug-likeness (QED) is 0.835. The maximum atomic E-state index is 13.4. The standard InChI is InChI=1S/C16H15FN2OS/c17-14-8-7-12(10-13(14)16(18)21)19-15(20)9-6-11-4-2-1-3-5-11/h1-5,7-8,10H,6,9H2,(H2,18,21)(H,19,20). The van der Waals surface area contributed by atoms with E-state index < -0.39 is 5.82 Å². The lowest BCUT2D eigenvalue weighted by atomic mass is 10.1. The first-order chi connectivity index (χ1) is 10.1. The fourth-order valence-electron chi connectivity index (χ4n) is 1.92. The molecule has 0 heterocycles. The Morgan fingerprint density at radius 2 is 1.90 bits per heavy atom. The summed E-state index contributed by atoms with van der Waals surface area (Å²) in [5, 5.41) is 2.71. The van der Waals surface area contributed by atoms with Gasteiger partial charge in [-0.3, -0.25) is 4.79 Å².